The van der Waals surface area contributed by atoms with E-state index in [1.807, 2.05) is 32.0 Å². The number of rotatable bonds is 6. The van der Waals surface area contributed by atoms with Crippen molar-refractivity contribution in [2.75, 3.05) is 0 Å². The minimum Gasteiger partial charge on any atom is -0.507 e. The smallest absolute Gasteiger partial charge is 0.335 e. The third kappa shape index (κ3) is 4.38. The van der Waals surface area contributed by atoms with Crippen LogP contribution in [-0.2, 0) is 6.54 Å². The van der Waals surface area contributed by atoms with E-state index in [4.69, 9.17) is 0 Å². The third-order valence-electron chi connectivity index (χ3n) is 5.74. The number of aromatic carboxylic acids is 1. The van der Waals surface area contributed by atoms with Crippen molar-refractivity contribution in [3.05, 3.63) is 99.0 Å². The number of aromatic hydroxyl groups is 1. The van der Waals surface area contributed by atoms with Crippen LogP contribution in [0.4, 0.5) is 5.69 Å². The van der Waals surface area contributed by atoms with E-state index in [0.29, 0.717) is 28.1 Å². The summed E-state index contributed by atoms with van der Waals surface area (Å²) in [7, 11) is 0. The number of nitrogens with one attached hydrogen (secondary N) is 1. The molecule has 8 nitrogen and oxygen atoms in total. The molecule has 0 radical (unpaired) electrons. The number of H-pyrrole nitrogens is 1. The van der Waals surface area contributed by atoms with Gasteiger partial charge in [0.25, 0.3) is 5.56 Å². The van der Waals surface area contributed by atoms with E-state index in [2.05, 4.69) is 15.3 Å². The number of nitrogens with zero attached hydrogens (tertiary/aromatic N) is 3. The number of carboxylic acids is 1. The maximum Gasteiger partial charge on any atom is 0.335 e. The molecule has 0 aliphatic rings. The summed E-state index contributed by atoms with van der Waals surface area (Å²) in [5, 5.41) is 31.3. The van der Waals surface area contributed by atoms with E-state index in [1.54, 1.807) is 37.3 Å². The normalized spacial score (nSPS) is 11.3. The van der Waals surface area contributed by atoms with E-state index in [0.717, 1.165) is 11.1 Å². The first-order chi connectivity index (χ1) is 16.3. The predicted octanol–water partition coefficient (Wildman–Crippen LogP) is 5.45. The average Bonchev–Trinajstić information content (AvgIpc) is 3.10. The Kier molecular flexibility index (Phi) is 6.14. The molecule has 1 aromatic heterocycles. The highest BCUT2D eigenvalue weighted by molar-refractivity contribution is 5.89. The number of para-hydroxylation sites is 1. The third-order valence-corrected chi connectivity index (χ3v) is 5.74. The van der Waals surface area contributed by atoms with Crippen LogP contribution in [0.5, 0.6) is 5.75 Å². The van der Waals surface area contributed by atoms with Gasteiger partial charge in [0.15, 0.2) is 5.69 Å². The Morgan fingerprint density at radius 3 is 2.50 bits per heavy atom. The first-order valence-electron chi connectivity index (χ1n) is 10.7. The van der Waals surface area contributed by atoms with E-state index in [-0.39, 0.29) is 29.1 Å². The molecule has 0 aliphatic heterocycles. The SMILES string of the molecule is Cc1ccc(-n2[nH]c(C)c(N=NCc3cccc(-c4cccc(C(=O)O)c4)c3O)c2=O)cc1C. The number of hydrogen-bond acceptors (Lipinski definition) is 5. The van der Waals surface area contributed by atoms with Crippen LogP contribution >= 0.6 is 0 Å². The fraction of sp³-hybridized carbons (Fsp3) is 0.154. The highest BCUT2D eigenvalue weighted by atomic mass is 16.4. The van der Waals surface area contributed by atoms with Gasteiger partial charge in [-0.1, -0.05) is 36.4 Å². The van der Waals surface area contributed by atoms with Gasteiger partial charge >= 0.3 is 5.97 Å². The monoisotopic (exact) mass is 456 g/mol. The number of carboxylic acid groups (broad SMARTS) is 1. The van der Waals surface area contributed by atoms with Crippen LogP contribution < -0.4 is 5.56 Å². The van der Waals surface area contributed by atoms with Gasteiger partial charge in [0, 0.05) is 11.1 Å². The number of benzene rings is 3. The second-order valence-electron chi connectivity index (χ2n) is 8.09. The fourth-order valence-electron chi connectivity index (χ4n) is 3.66. The van der Waals surface area contributed by atoms with Crippen molar-refractivity contribution in [3.8, 4) is 22.6 Å². The van der Waals surface area contributed by atoms with Gasteiger partial charge in [-0.2, -0.15) is 5.11 Å². The summed E-state index contributed by atoms with van der Waals surface area (Å²) in [6, 6.07) is 17.3. The fourth-order valence-corrected chi connectivity index (χ4v) is 3.66. The second-order valence-corrected chi connectivity index (χ2v) is 8.09. The molecule has 0 aliphatic carbocycles. The van der Waals surface area contributed by atoms with Crippen molar-refractivity contribution in [2.24, 2.45) is 10.2 Å². The molecule has 1 heterocycles. The minimum atomic E-state index is -1.04. The van der Waals surface area contributed by atoms with Crippen LogP contribution in [-0.4, -0.2) is 26.0 Å². The lowest BCUT2D eigenvalue weighted by Crippen LogP contribution is -2.14. The largest absolute Gasteiger partial charge is 0.507 e. The van der Waals surface area contributed by atoms with Crippen molar-refractivity contribution in [2.45, 2.75) is 27.3 Å². The molecule has 0 saturated heterocycles. The standard InChI is InChI=1S/C26H24N4O4/c1-15-10-11-21(12-16(15)2)30-25(32)23(17(3)29-30)28-27-14-20-8-5-9-22(24(20)31)18-6-4-7-19(13-18)26(33)34/h4-13,29,31H,14H2,1-3H3,(H,33,34). The van der Waals surface area contributed by atoms with Gasteiger partial charge in [-0.05, 0) is 61.7 Å². The van der Waals surface area contributed by atoms with Gasteiger partial charge in [-0.25, -0.2) is 9.48 Å². The molecule has 3 N–H and O–H groups in total. The van der Waals surface area contributed by atoms with Crippen molar-refractivity contribution >= 4 is 11.7 Å². The summed E-state index contributed by atoms with van der Waals surface area (Å²) < 4.78 is 1.43. The predicted molar refractivity (Wildman–Crippen MR) is 129 cm³/mol. The number of aromatic amines is 1. The summed E-state index contributed by atoms with van der Waals surface area (Å²) in [6.07, 6.45) is 0. The number of phenolic OH excluding ortho intramolecular Hbond substituents is 1. The Morgan fingerprint density at radius 1 is 1.00 bits per heavy atom. The first kappa shape index (κ1) is 22.7. The first-order valence-corrected chi connectivity index (χ1v) is 10.7. The molecule has 3 aromatic carbocycles. The maximum absolute atomic E-state index is 12.9. The minimum absolute atomic E-state index is 0.0117. The molecular weight excluding hydrogens is 432 g/mol. The Hall–Kier alpha value is -4.46. The summed E-state index contributed by atoms with van der Waals surface area (Å²) in [4.78, 5) is 24.2. The Bertz CT molecular complexity index is 1480. The average molecular weight is 457 g/mol. The summed E-state index contributed by atoms with van der Waals surface area (Å²) in [5.41, 5.74) is 5.09. The van der Waals surface area contributed by atoms with Crippen LogP contribution in [0.1, 0.15) is 32.7 Å². The number of aryl methyl sites for hydroxylation is 3. The highest BCUT2D eigenvalue weighted by Crippen LogP contribution is 2.33. The molecule has 34 heavy (non-hydrogen) atoms. The maximum atomic E-state index is 12.9. The zero-order valence-electron chi connectivity index (χ0n) is 19.0. The van der Waals surface area contributed by atoms with Crippen molar-refractivity contribution < 1.29 is 15.0 Å². The van der Waals surface area contributed by atoms with Gasteiger partial charge in [-0.3, -0.25) is 9.89 Å². The number of phenols is 1. The molecule has 4 aromatic rings. The highest BCUT2D eigenvalue weighted by Gasteiger charge is 2.14. The van der Waals surface area contributed by atoms with Crippen LogP contribution in [0.2, 0.25) is 0 Å². The lowest BCUT2D eigenvalue weighted by molar-refractivity contribution is 0.0697. The molecule has 0 atom stereocenters. The number of carbonyl (C=O) groups is 1. The van der Waals surface area contributed by atoms with Crippen LogP contribution in [0.25, 0.3) is 16.8 Å². The van der Waals surface area contributed by atoms with Gasteiger partial charge in [0.05, 0.1) is 23.5 Å². The van der Waals surface area contributed by atoms with E-state index in [1.165, 1.54) is 16.8 Å². The number of aromatic nitrogens is 2. The number of azo groups is 1. The Labute approximate surface area is 195 Å². The quantitative estimate of drug-likeness (QED) is 0.334. The van der Waals surface area contributed by atoms with E-state index < -0.39 is 5.97 Å². The van der Waals surface area contributed by atoms with Gasteiger partial charge in [0.2, 0.25) is 0 Å². The van der Waals surface area contributed by atoms with Crippen molar-refractivity contribution in [1.82, 2.24) is 9.78 Å². The summed E-state index contributed by atoms with van der Waals surface area (Å²) in [6.45, 7) is 5.79. The lowest BCUT2D eigenvalue weighted by Gasteiger charge is -2.09. The second kappa shape index (κ2) is 9.19. The molecule has 0 unspecified atom stereocenters. The molecule has 0 fully saturated rings. The molecule has 172 valence electrons. The van der Waals surface area contributed by atoms with Crippen molar-refractivity contribution in [3.63, 3.8) is 0 Å². The molecule has 0 saturated carbocycles. The van der Waals surface area contributed by atoms with E-state index >= 15 is 0 Å². The molecule has 0 amide bonds. The molecular formula is C26H24N4O4. The van der Waals surface area contributed by atoms with Crippen molar-refractivity contribution in [1.29, 1.82) is 0 Å². The van der Waals surface area contributed by atoms with Gasteiger partial charge < -0.3 is 10.2 Å². The van der Waals surface area contributed by atoms with Gasteiger partial charge in [-0.15, -0.1) is 5.11 Å². The lowest BCUT2D eigenvalue weighted by atomic mass is 9.99. The summed E-state index contributed by atoms with van der Waals surface area (Å²) >= 11 is 0. The topological polar surface area (TPSA) is 120 Å². The molecule has 0 bridgehead atoms. The summed E-state index contributed by atoms with van der Waals surface area (Å²) in [5.74, 6) is -1.05. The van der Waals surface area contributed by atoms with Gasteiger partial charge in [0.1, 0.15) is 5.75 Å². The van der Waals surface area contributed by atoms with Crippen LogP contribution in [0.15, 0.2) is 75.7 Å². The zero-order chi connectivity index (χ0) is 24.4. The Balaban J connectivity index is 1.60. The number of hydrogen-bond donors (Lipinski definition) is 3. The van der Waals surface area contributed by atoms with Crippen LogP contribution in [0.3, 0.4) is 0 Å². The zero-order valence-corrected chi connectivity index (χ0v) is 19.0. The van der Waals surface area contributed by atoms with E-state index in [9.17, 15) is 19.8 Å². The molecule has 0 spiro atoms. The molecule has 4 rings (SSSR count). The molecule has 8 heteroatoms. The van der Waals surface area contributed by atoms with Crippen LogP contribution in [0, 0.1) is 20.8 Å². The Morgan fingerprint density at radius 2 is 1.76 bits per heavy atom.